The molecule has 2 aromatic rings. The highest BCUT2D eigenvalue weighted by atomic mass is 79.9. The number of halogens is 1. The smallest absolute Gasteiger partial charge is 0.265 e. The Morgan fingerprint density at radius 3 is 2.67 bits per heavy atom. The van der Waals surface area contributed by atoms with E-state index in [4.69, 9.17) is 10.5 Å². The van der Waals surface area contributed by atoms with Gasteiger partial charge in [0.2, 0.25) is 0 Å². The fourth-order valence-corrected chi connectivity index (χ4v) is 2.19. The molecule has 1 unspecified atom stereocenters. The van der Waals surface area contributed by atoms with Crippen LogP contribution in [0, 0.1) is 6.92 Å². The predicted octanol–water partition coefficient (Wildman–Crippen LogP) is 3.75. The van der Waals surface area contributed by atoms with Crippen molar-refractivity contribution in [1.82, 2.24) is 0 Å². The van der Waals surface area contributed by atoms with Crippen molar-refractivity contribution in [1.29, 1.82) is 0 Å². The number of para-hydroxylation sites is 1. The quantitative estimate of drug-likeness (QED) is 0.827. The minimum absolute atomic E-state index is 0.223. The Morgan fingerprint density at radius 2 is 1.95 bits per heavy atom. The van der Waals surface area contributed by atoms with Gasteiger partial charge in [-0.3, -0.25) is 4.79 Å². The summed E-state index contributed by atoms with van der Waals surface area (Å²) in [5, 5.41) is 2.83. The molecule has 0 saturated heterocycles. The van der Waals surface area contributed by atoms with Gasteiger partial charge in [-0.05, 0) is 59.6 Å². The first kappa shape index (κ1) is 15.4. The van der Waals surface area contributed by atoms with Crippen LogP contribution in [0.1, 0.15) is 12.5 Å². The van der Waals surface area contributed by atoms with Crippen molar-refractivity contribution >= 4 is 33.2 Å². The normalized spacial score (nSPS) is 11.8. The van der Waals surface area contributed by atoms with Crippen LogP contribution in [0.5, 0.6) is 5.75 Å². The second kappa shape index (κ2) is 6.63. The fourth-order valence-electron chi connectivity index (χ4n) is 1.81. The third-order valence-electron chi connectivity index (χ3n) is 3.14. The largest absolute Gasteiger partial charge is 0.480 e. The molecule has 2 aromatic carbocycles. The van der Waals surface area contributed by atoms with E-state index in [1.54, 1.807) is 25.1 Å². The Labute approximate surface area is 132 Å². The molecule has 4 nitrogen and oxygen atoms in total. The van der Waals surface area contributed by atoms with Gasteiger partial charge in [0, 0.05) is 11.4 Å². The topological polar surface area (TPSA) is 64.3 Å². The SMILES string of the molecule is Cc1c(N)cccc1NC(=O)C(C)Oc1ccccc1Br. The van der Waals surface area contributed by atoms with E-state index in [0.717, 1.165) is 10.0 Å². The summed E-state index contributed by atoms with van der Waals surface area (Å²) in [6, 6.07) is 12.8. The zero-order valence-corrected chi connectivity index (χ0v) is 13.5. The van der Waals surface area contributed by atoms with Crippen LogP contribution < -0.4 is 15.8 Å². The highest BCUT2D eigenvalue weighted by Gasteiger charge is 2.17. The summed E-state index contributed by atoms with van der Waals surface area (Å²) >= 11 is 3.39. The maximum atomic E-state index is 12.2. The van der Waals surface area contributed by atoms with E-state index in [0.29, 0.717) is 17.1 Å². The Balaban J connectivity index is 2.06. The minimum atomic E-state index is -0.621. The number of nitrogens with one attached hydrogen (secondary N) is 1. The van der Waals surface area contributed by atoms with Crippen LogP contribution in [0.4, 0.5) is 11.4 Å². The number of carbonyl (C=O) groups is 1. The first-order valence-corrected chi connectivity index (χ1v) is 7.35. The first-order valence-electron chi connectivity index (χ1n) is 6.56. The molecule has 0 radical (unpaired) electrons. The average Bonchev–Trinajstić information content (AvgIpc) is 2.46. The molecule has 0 aliphatic heterocycles. The molecule has 3 N–H and O–H groups in total. The molecule has 110 valence electrons. The molecule has 1 amide bonds. The van der Waals surface area contributed by atoms with Gasteiger partial charge in [0.25, 0.3) is 5.91 Å². The highest BCUT2D eigenvalue weighted by molar-refractivity contribution is 9.10. The van der Waals surface area contributed by atoms with Crippen LogP contribution in [-0.4, -0.2) is 12.0 Å². The van der Waals surface area contributed by atoms with Gasteiger partial charge in [-0.1, -0.05) is 18.2 Å². The second-order valence-electron chi connectivity index (χ2n) is 4.70. The summed E-state index contributed by atoms with van der Waals surface area (Å²) < 4.78 is 6.47. The molecule has 21 heavy (non-hydrogen) atoms. The van der Waals surface area contributed by atoms with Crippen molar-refractivity contribution in [3.05, 3.63) is 52.5 Å². The third-order valence-corrected chi connectivity index (χ3v) is 3.80. The van der Waals surface area contributed by atoms with Crippen LogP contribution >= 0.6 is 15.9 Å². The predicted molar refractivity (Wildman–Crippen MR) is 88.5 cm³/mol. The zero-order valence-electron chi connectivity index (χ0n) is 11.9. The van der Waals surface area contributed by atoms with E-state index < -0.39 is 6.10 Å². The van der Waals surface area contributed by atoms with Crippen molar-refractivity contribution in [3.8, 4) is 5.75 Å². The maximum Gasteiger partial charge on any atom is 0.265 e. The molecule has 0 aliphatic carbocycles. The molecule has 2 rings (SSSR count). The molecule has 0 saturated carbocycles. The molecule has 0 aliphatic rings. The van der Waals surface area contributed by atoms with Crippen LogP contribution in [0.3, 0.4) is 0 Å². The van der Waals surface area contributed by atoms with Crippen LogP contribution in [0.15, 0.2) is 46.9 Å². The van der Waals surface area contributed by atoms with Crippen molar-refractivity contribution in [2.75, 3.05) is 11.1 Å². The number of ether oxygens (including phenoxy) is 1. The Morgan fingerprint density at radius 1 is 1.24 bits per heavy atom. The molecular formula is C16H17BrN2O2. The summed E-state index contributed by atoms with van der Waals surface area (Å²) in [5.74, 6) is 0.406. The molecule has 0 aromatic heterocycles. The van der Waals surface area contributed by atoms with Gasteiger partial charge in [-0.15, -0.1) is 0 Å². The monoisotopic (exact) mass is 348 g/mol. The molecule has 1 atom stereocenters. The van der Waals surface area contributed by atoms with E-state index in [1.807, 2.05) is 31.2 Å². The number of hydrogen-bond acceptors (Lipinski definition) is 3. The van der Waals surface area contributed by atoms with E-state index in [9.17, 15) is 4.79 Å². The number of nitrogens with two attached hydrogens (primary N) is 1. The van der Waals surface area contributed by atoms with Gasteiger partial charge in [0.15, 0.2) is 6.10 Å². The molecular weight excluding hydrogens is 332 g/mol. The summed E-state index contributed by atoms with van der Waals surface area (Å²) in [6.07, 6.45) is -0.621. The van der Waals surface area contributed by atoms with Gasteiger partial charge < -0.3 is 15.8 Å². The van der Waals surface area contributed by atoms with Gasteiger partial charge >= 0.3 is 0 Å². The van der Waals surface area contributed by atoms with E-state index in [2.05, 4.69) is 21.2 Å². The minimum Gasteiger partial charge on any atom is -0.480 e. The number of benzene rings is 2. The van der Waals surface area contributed by atoms with E-state index in [1.165, 1.54) is 0 Å². The van der Waals surface area contributed by atoms with Gasteiger partial charge in [-0.25, -0.2) is 0 Å². The van der Waals surface area contributed by atoms with Gasteiger partial charge in [0.1, 0.15) is 5.75 Å². The lowest BCUT2D eigenvalue weighted by Gasteiger charge is -2.17. The van der Waals surface area contributed by atoms with Crippen molar-refractivity contribution in [2.24, 2.45) is 0 Å². The molecule has 0 fully saturated rings. The number of carbonyl (C=O) groups excluding carboxylic acids is 1. The highest BCUT2D eigenvalue weighted by Crippen LogP contribution is 2.25. The lowest BCUT2D eigenvalue weighted by Crippen LogP contribution is -2.30. The maximum absolute atomic E-state index is 12.2. The first-order chi connectivity index (χ1) is 9.99. The van der Waals surface area contributed by atoms with E-state index >= 15 is 0 Å². The average molecular weight is 349 g/mol. The van der Waals surface area contributed by atoms with Crippen LogP contribution in [-0.2, 0) is 4.79 Å². The summed E-state index contributed by atoms with van der Waals surface area (Å²) in [6.45, 7) is 3.57. The van der Waals surface area contributed by atoms with Crippen molar-refractivity contribution < 1.29 is 9.53 Å². The number of amides is 1. The molecule has 0 heterocycles. The lowest BCUT2D eigenvalue weighted by atomic mass is 10.1. The van der Waals surface area contributed by atoms with Gasteiger partial charge in [-0.2, -0.15) is 0 Å². The Kier molecular flexibility index (Phi) is 4.85. The number of anilines is 2. The van der Waals surface area contributed by atoms with Crippen LogP contribution in [0.25, 0.3) is 0 Å². The molecule has 0 spiro atoms. The number of nitrogen functional groups attached to an aromatic ring is 1. The van der Waals surface area contributed by atoms with E-state index in [-0.39, 0.29) is 5.91 Å². The van der Waals surface area contributed by atoms with Crippen molar-refractivity contribution in [2.45, 2.75) is 20.0 Å². The summed E-state index contributed by atoms with van der Waals surface area (Å²) in [7, 11) is 0. The third kappa shape index (κ3) is 3.76. The Bertz CT molecular complexity index is 658. The van der Waals surface area contributed by atoms with Crippen LogP contribution in [0.2, 0.25) is 0 Å². The standard InChI is InChI=1S/C16H17BrN2O2/c1-10-13(18)7-5-8-14(10)19-16(20)11(2)21-15-9-4-3-6-12(15)17/h3-9,11H,18H2,1-2H3,(H,19,20). The molecule has 0 bridgehead atoms. The fraction of sp³-hybridized carbons (Fsp3) is 0.188. The zero-order chi connectivity index (χ0) is 15.4. The van der Waals surface area contributed by atoms with Gasteiger partial charge in [0.05, 0.1) is 4.47 Å². The lowest BCUT2D eigenvalue weighted by molar-refractivity contribution is -0.122. The number of hydrogen-bond donors (Lipinski definition) is 2. The van der Waals surface area contributed by atoms with Crippen molar-refractivity contribution in [3.63, 3.8) is 0 Å². The summed E-state index contributed by atoms with van der Waals surface area (Å²) in [4.78, 5) is 12.2. The number of rotatable bonds is 4. The Hall–Kier alpha value is -2.01. The molecule has 5 heteroatoms. The second-order valence-corrected chi connectivity index (χ2v) is 5.55. The summed E-state index contributed by atoms with van der Waals surface area (Å²) in [5.41, 5.74) is 8.02.